The van der Waals surface area contributed by atoms with E-state index in [1.165, 1.54) is 19.3 Å². The molecular weight excluding hydrogens is 212 g/mol. The van der Waals surface area contributed by atoms with E-state index in [0.717, 1.165) is 12.8 Å². The number of hydrogen-bond donors (Lipinski definition) is 0. The third-order valence-corrected chi connectivity index (χ3v) is 2.78. The summed E-state index contributed by atoms with van der Waals surface area (Å²) in [7, 11) is 0. The van der Waals surface area contributed by atoms with Crippen LogP contribution in [0.1, 0.15) is 56.3 Å². The maximum absolute atomic E-state index is 11.7. The van der Waals surface area contributed by atoms with Gasteiger partial charge in [-0.2, -0.15) is 0 Å². The number of carbonyl (C=O) groups is 1. The zero-order chi connectivity index (χ0) is 12.5. The van der Waals surface area contributed by atoms with Crippen LogP contribution in [-0.4, -0.2) is 12.1 Å². The Balaban J connectivity index is 2.26. The SMILES string of the molecule is CCCCCCC(C)OC(=O)c1ccccc1. The third-order valence-electron chi connectivity index (χ3n) is 2.78. The van der Waals surface area contributed by atoms with Crippen molar-refractivity contribution in [3.05, 3.63) is 35.9 Å². The molecule has 0 heterocycles. The molecule has 2 heteroatoms. The topological polar surface area (TPSA) is 26.3 Å². The van der Waals surface area contributed by atoms with Gasteiger partial charge < -0.3 is 4.74 Å². The van der Waals surface area contributed by atoms with Gasteiger partial charge in [0.2, 0.25) is 0 Å². The molecule has 1 atom stereocenters. The summed E-state index contributed by atoms with van der Waals surface area (Å²) < 4.78 is 5.38. The summed E-state index contributed by atoms with van der Waals surface area (Å²) in [4.78, 5) is 11.7. The quantitative estimate of drug-likeness (QED) is 0.522. The van der Waals surface area contributed by atoms with Gasteiger partial charge in [-0.3, -0.25) is 0 Å². The maximum atomic E-state index is 11.7. The second kappa shape index (κ2) is 7.88. The Kier molecular flexibility index (Phi) is 6.38. The fourth-order valence-corrected chi connectivity index (χ4v) is 1.74. The largest absolute Gasteiger partial charge is 0.459 e. The van der Waals surface area contributed by atoms with Gasteiger partial charge >= 0.3 is 5.97 Å². The number of esters is 1. The van der Waals surface area contributed by atoms with Gasteiger partial charge in [0, 0.05) is 0 Å². The third kappa shape index (κ3) is 5.53. The highest BCUT2D eigenvalue weighted by molar-refractivity contribution is 5.89. The van der Waals surface area contributed by atoms with Crippen molar-refractivity contribution in [2.75, 3.05) is 0 Å². The Labute approximate surface area is 104 Å². The molecule has 1 unspecified atom stereocenters. The molecule has 0 saturated heterocycles. The summed E-state index contributed by atoms with van der Waals surface area (Å²) in [6, 6.07) is 9.16. The molecule has 0 aliphatic rings. The van der Waals surface area contributed by atoms with Gasteiger partial charge in [-0.1, -0.05) is 44.4 Å². The molecule has 0 radical (unpaired) electrons. The van der Waals surface area contributed by atoms with Crippen LogP contribution in [0, 0.1) is 0 Å². The lowest BCUT2D eigenvalue weighted by atomic mass is 10.1. The smallest absolute Gasteiger partial charge is 0.338 e. The molecule has 17 heavy (non-hydrogen) atoms. The average molecular weight is 234 g/mol. The van der Waals surface area contributed by atoms with E-state index in [-0.39, 0.29) is 12.1 Å². The van der Waals surface area contributed by atoms with Gasteiger partial charge in [-0.05, 0) is 31.9 Å². The summed E-state index contributed by atoms with van der Waals surface area (Å²) >= 11 is 0. The van der Waals surface area contributed by atoms with Crippen LogP contribution < -0.4 is 0 Å². The van der Waals surface area contributed by atoms with Gasteiger partial charge in [0.05, 0.1) is 11.7 Å². The summed E-state index contributed by atoms with van der Waals surface area (Å²) in [6.07, 6.45) is 5.83. The van der Waals surface area contributed by atoms with Gasteiger partial charge in [-0.25, -0.2) is 4.79 Å². The van der Waals surface area contributed by atoms with E-state index in [0.29, 0.717) is 5.56 Å². The molecule has 1 rings (SSSR count). The number of carbonyl (C=O) groups excluding carboxylic acids is 1. The van der Waals surface area contributed by atoms with Crippen molar-refractivity contribution in [1.29, 1.82) is 0 Å². The minimum absolute atomic E-state index is 0.0135. The zero-order valence-corrected chi connectivity index (χ0v) is 10.8. The normalized spacial score (nSPS) is 12.1. The molecule has 0 fully saturated rings. The summed E-state index contributed by atoms with van der Waals surface area (Å²) in [6.45, 7) is 4.16. The van der Waals surface area contributed by atoms with Crippen molar-refractivity contribution >= 4 is 5.97 Å². The molecule has 0 aliphatic heterocycles. The summed E-state index contributed by atoms with van der Waals surface area (Å²) in [5.41, 5.74) is 0.632. The van der Waals surface area contributed by atoms with Crippen LogP contribution >= 0.6 is 0 Å². The monoisotopic (exact) mass is 234 g/mol. The molecule has 0 amide bonds. The average Bonchev–Trinajstić information content (AvgIpc) is 2.36. The molecule has 94 valence electrons. The van der Waals surface area contributed by atoms with Crippen LogP contribution in [0.2, 0.25) is 0 Å². The highest BCUT2D eigenvalue weighted by atomic mass is 16.5. The first-order valence-corrected chi connectivity index (χ1v) is 6.50. The van der Waals surface area contributed by atoms with Crippen LogP contribution in [0.4, 0.5) is 0 Å². The van der Waals surface area contributed by atoms with Crippen molar-refractivity contribution in [3.8, 4) is 0 Å². The lowest BCUT2D eigenvalue weighted by Gasteiger charge is -2.12. The van der Waals surface area contributed by atoms with E-state index in [4.69, 9.17) is 4.74 Å². The molecule has 0 aromatic heterocycles. The van der Waals surface area contributed by atoms with Gasteiger partial charge in [-0.15, -0.1) is 0 Å². The molecular formula is C15H22O2. The minimum atomic E-state index is -0.214. The first-order chi connectivity index (χ1) is 8.24. The van der Waals surface area contributed by atoms with Gasteiger partial charge in [0.15, 0.2) is 0 Å². The van der Waals surface area contributed by atoms with E-state index in [1.54, 1.807) is 12.1 Å². The fourth-order valence-electron chi connectivity index (χ4n) is 1.74. The molecule has 0 aliphatic carbocycles. The van der Waals surface area contributed by atoms with E-state index < -0.39 is 0 Å². The van der Waals surface area contributed by atoms with Crippen LogP contribution in [0.3, 0.4) is 0 Å². The van der Waals surface area contributed by atoms with Crippen molar-refractivity contribution < 1.29 is 9.53 Å². The molecule has 2 nitrogen and oxygen atoms in total. The van der Waals surface area contributed by atoms with Gasteiger partial charge in [0.1, 0.15) is 0 Å². The van der Waals surface area contributed by atoms with Crippen LogP contribution in [0.15, 0.2) is 30.3 Å². The zero-order valence-electron chi connectivity index (χ0n) is 10.8. The predicted molar refractivity (Wildman–Crippen MR) is 70.1 cm³/mol. The van der Waals surface area contributed by atoms with E-state index in [2.05, 4.69) is 6.92 Å². The first-order valence-electron chi connectivity index (χ1n) is 6.50. The highest BCUT2D eigenvalue weighted by Crippen LogP contribution is 2.10. The van der Waals surface area contributed by atoms with Crippen LogP contribution in [0.5, 0.6) is 0 Å². The molecule has 0 spiro atoms. The number of benzene rings is 1. The number of unbranched alkanes of at least 4 members (excludes halogenated alkanes) is 3. The van der Waals surface area contributed by atoms with Crippen molar-refractivity contribution in [3.63, 3.8) is 0 Å². The maximum Gasteiger partial charge on any atom is 0.338 e. The Morgan fingerprint density at radius 3 is 2.53 bits per heavy atom. The van der Waals surface area contributed by atoms with Crippen molar-refractivity contribution in [2.45, 2.75) is 52.1 Å². The van der Waals surface area contributed by atoms with E-state index in [1.807, 2.05) is 25.1 Å². The summed E-state index contributed by atoms with van der Waals surface area (Å²) in [5, 5.41) is 0. The Morgan fingerprint density at radius 2 is 1.88 bits per heavy atom. The van der Waals surface area contributed by atoms with Gasteiger partial charge in [0.25, 0.3) is 0 Å². The highest BCUT2D eigenvalue weighted by Gasteiger charge is 2.10. The Bertz CT molecular complexity index is 319. The van der Waals surface area contributed by atoms with Crippen molar-refractivity contribution in [1.82, 2.24) is 0 Å². The molecule has 0 bridgehead atoms. The number of hydrogen-bond acceptors (Lipinski definition) is 2. The predicted octanol–water partition coefficient (Wildman–Crippen LogP) is 4.20. The second-order valence-electron chi connectivity index (χ2n) is 4.43. The molecule has 0 saturated carbocycles. The molecule has 1 aromatic carbocycles. The second-order valence-corrected chi connectivity index (χ2v) is 4.43. The van der Waals surface area contributed by atoms with Crippen LogP contribution in [-0.2, 0) is 4.74 Å². The summed E-state index contributed by atoms with van der Waals surface area (Å²) in [5.74, 6) is -0.214. The minimum Gasteiger partial charge on any atom is -0.459 e. The first kappa shape index (κ1) is 13.8. The van der Waals surface area contributed by atoms with Crippen LogP contribution in [0.25, 0.3) is 0 Å². The standard InChI is InChI=1S/C15H22O2/c1-3-4-5-7-10-13(2)17-15(16)14-11-8-6-9-12-14/h6,8-9,11-13H,3-5,7,10H2,1-2H3. The lowest BCUT2D eigenvalue weighted by molar-refractivity contribution is 0.0319. The van der Waals surface area contributed by atoms with E-state index >= 15 is 0 Å². The molecule has 1 aromatic rings. The number of rotatable bonds is 7. The lowest BCUT2D eigenvalue weighted by Crippen LogP contribution is -2.14. The Morgan fingerprint density at radius 1 is 1.18 bits per heavy atom. The fraction of sp³-hybridized carbons (Fsp3) is 0.533. The molecule has 0 N–H and O–H groups in total. The van der Waals surface area contributed by atoms with E-state index in [9.17, 15) is 4.79 Å². The van der Waals surface area contributed by atoms with Crippen molar-refractivity contribution in [2.24, 2.45) is 0 Å². The Hall–Kier alpha value is -1.31. The number of ether oxygens (including phenoxy) is 1.